The Bertz CT molecular complexity index is 242. The van der Waals surface area contributed by atoms with Gasteiger partial charge in [0, 0.05) is 30.7 Å². The van der Waals surface area contributed by atoms with Crippen molar-refractivity contribution >= 4 is 0 Å². The van der Waals surface area contributed by atoms with Crippen LogP contribution in [0.25, 0.3) is 0 Å². The Kier molecular flexibility index (Phi) is 3.57. The third kappa shape index (κ3) is 2.13. The van der Waals surface area contributed by atoms with E-state index in [4.69, 9.17) is 9.47 Å². The van der Waals surface area contributed by atoms with Crippen molar-refractivity contribution in [3.63, 3.8) is 0 Å². The van der Waals surface area contributed by atoms with E-state index in [0.717, 1.165) is 26.1 Å². The van der Waals surface area contributed by atoms with Crippen molar-refractivity contribution in [3.05, 3.63) is 0 Å². The summed E-state index contributed by atoms with van der Waals surface area (Å²) in [4.78, 5) is 0. The molecule has 1 saturated heterocycles. The van der Waals surface area contributed by atoms with Crippen LogP contribution >= 0.6 is 0 Å². The molecular weight excluding hydrogens is 202 g/mol. The van der Waals surface area contributed by atoms with Crippen LogP contribution in [0.4, 0.5) is 0 Å². The molecule has 3 nitrogen and oxygen atoms in total. The Hall–Kier alpha value is -0.120. The molecule has 0 bridgehead atoms. The molecular formula is C13H25NO2. The lowest BCUT2D eigenvalue weighted by molar-refractivity contribution is -0.117. The predicted molar refractivity (Wildman–Crippen MR) is 64.6 cm³/mol. The number of hydrogen-bond donors (Lipinski definition) is 1. The van der Waals surface area contributed by atoms with Gasteiger partial charge in [-0.1, -0.05) is 13.8 Å². The van der Waals surface area contributed by atoms with Crippen LogP contribution in [0.5, 0.6) is 0 Å². The average Bonchev–Trinajstić information content (AvgIpc) is 2.63. The van der Waals surface area contributed by atoms with E-state index in [-0.39, 0.29) is 5.41 Å². The van der Waals surface area contributed by atoms with Crippen molar-refractivity contribution in [2.75, 3.05) is 13.2 Å². The second kappa shape index (κ2) is 4.63. The molecule has 2 fully saturated rings. The summed E-state index contributed by atoms with van der Waals surface area (Å²) in [6, 6.07) is 1.12. The topological polar surface area (TPSA) is 30.5 Å². The lowest BCUT2D eigenvalue weighted by Gasteiger charge is -2.53. The normalized spacial score (nSPS) is 42.0. The van der Waals surface area contributed by atoms with E-state index in [9.17, 15) is 0 Å². The van der Waals surface area contributed by atoms with Crippen molar-refractivity contribution in [3.8, 4) is 0 Å². The van der Waals surface area contributed by atoms with Gasteiger partial charge in [-0.15, -0.1) is 0 Å². The van der Waals surface area contributed by atoms with E-state index >= 15 is 0 Å². The highest BCUT2D eigenvalue weighted by Gasteiger charge is 2.49. The van der Waals surface area contributed by atoms with Gasteiger partial charge in [0.15, 0.2) is 0 Å². The summed E-state index contributed by atoms with van der Waals surface area (Å²) in [5.41, 5.74) is 0.262. The molecule has 0 aromatic rings. The van der Waals surface area contributed by atoms with E-state index in [1.807, 2.05) is 0 Å². The fourth-order valence-electron chi connectivity index (χ4n) is 2.86. The first-order valence-electron chi connectivity index (χ1n) is 6.55. The van der Waals surface area contributed by atoms with Gasteiger partial charge in [0.05, 0.1) is 12.2 Å². The third-order valence-corrected chi connectivity index (χ3v) is 4.34. The maximum Gasteiger partial charge on any atom is 0.0700 e. The summed E-state index contributed by atoms with van der Waals surface area (Å²) < 4.78 is 11.3. The van der Waals surface area contributed by atoms with Crippen LogP contribution in [0.3, 0.4) is 0 Å². The van der Waals surface area contributed by atoms with Crippen LogP contribution in [0.15, 0.2) is 0 Å². The molecule has 1 saturated carbocycles. The molecule has 0 spiro atoms. The summed E-state index contributed by atoms with van der Waals surface area (Å²) in [6.45, 7) is 10.6. The van der Waals surface area contributed by atoms with Crippen LogP contribution in [-0.4, -0.2) is 37.5 Å². The van der Waals surface area contributed by atoms with Gasteiger partial charge in [-0.05, 0) is 26.7 Å². The van der Waals surface area contributed by atoms with Crippen LogP contribution < -0.4 is 5.32 Å². The first-order valence-corrected chi connectivity index (χ1v) is 6.55. The number of hydrogen-bond acceptors (Lipinski definition) is 3. The molecule has 16 heavy (non-hydrogen) atoms. The Morgan fingerprint density at radius 3 is 2.69 bits per heavy atom. The molecule has 1 aliphatic heterocycles. The van der Waals surface area contributed by atoms with Gasteiger partial charge >= 0.3 is 0 Å². The molecule has 1 N–H and O–H groups in total. The highest BCUT2D eigenvalue weighted by Crippen LogP contribution is 2.43. The predicted octanol–water partition coefficient (Wildman–Crippen LogP) is 1.96. The lowest BCUT2D eigenvalue weighted by Crippen LogP contribution is -2.63. The summed E-state index contributed by atoms with van der Waals surface area (Å²) in [7, 11) is 0. The second-order valence-corrected chi connectivity index (χ2v) is 5.69. The van der Waals surface area contributed by atoms with Crippen molar-refractivity contribution in [1.29, 1.82) is 0 Å². The summed E-state index contributed by atoms with van der Waals surface area (Å²) >= 11 is 0. The third-order valence-electron chi connectivity index (χ3n) is 4.34. The minimum Gasteiger partial charge on any atom is -0.378 e. The number of rotatable bonds is 4. The number of nitrogens with one attached hydrogen (secondary N) is 1. The van der Waals surface area contributed by atoms with Crippen LogP contribution in [0, 0.1) is 5.41 Å². The highest BCUT2D eigenvalue weighted by atomic mass is 16.5. The van der Waals surface area contributed by atoms with Gasteiger partial charge in [-0.3, -0.25) is 0 Å². The van der Waals surface area contributed by atoms with E-state index in [2.05, 4.69) is 33.0 Å². The summed E-state index contributed by atoms with van der Waals surface area (Å²) in [5, 5.41) is 3.74. The molecule has 4 unspecified atom stereocenters. The largest absolute Gasteiger partial charge is 0.378 e. The minimum absolute atomic E-state index is 0.262. The SMILES string of the molecule is CCOC1CC(NC2CCOC2C)C1(C)C. The Morgan fingerprint density at radius 2 is 2.19 bits per heavy atom. The standard InChI is InChI=1S/C13H25NO2/c1-5-15-12-8-11(13(12,3)4)14-10-6-7-16-9(10)2/h9-12,14H,5-8H2,1-4H3. The zero-order chi connectivity index (χ0) is 11.8. The van der Waals surface area contributed by atoms with Gasteiger partial charge in [0.2, 0.25) is 0 Å². The Morgan fingerprint density at radius 1 is 1.44 bits per heavy atom. The molecule has 94 valence electrons. The molecule has 0 radical (unpaired) electrons. The maximum atomic E-state index is 5.74. The maximum absolute atomic E-state index is 5.74. The number of ether oxygens (including phenoxy) is 2. The highest BCUT2D eigenvalue weighted by molar-refractivity contribution is 5.04. The smallest absolute Gasteiger partial charge is 0.0700 e. The molecule has 0 aromatic carbocycles. The van der Waals surface area contributed by atoms with Crippen molar-refractivity contribution < 1.29 is 9.47 Å². The van der Waals surface area contributed by atoms with Gasteiger partial charge in [-0.25, -0.2) is 0 Å². The van der Waals surface area contributed by atoms with Crippen LogP contribution in [0.2, 0.25) is 0 Å². The second-order valence-electron chi connectivity index (χ2n) is 5.69. The molecule has 1 aliphatic carbocycles. The van der Waals surface area contributed by atoms with Crippen LogP contribution in [-0.2, 0) is 9.47 Å². The van der Waals surface area contributed by atoms with Gasteiger partial charge in [0.1, 0.15) is 0 Å². The Labute approximate surface area is 98.9 Å². The summed E-state index contributed by atoms with van der Waals surface area (Å²) in [5.74, 6) is 0. The fraction of sp³-hybridized carbons (Fsp3) is 1.00. The van der Waals surface area contributed by atoms with Gasteiger partial charge in [-0.2, -0.15) is 0 Å². The van der Waals surface area contributed by atoms with E-state index in [1.54, 1.807) is 0 Å². The van der Waals surface area contributed by atoms with E-state index in [0.29, 0.717) is 24.3 Å². The molecule has 4 atom stereocenters. The molecule has 2 aliphatic rings. The quantitative estimate of drug-likeness (QED) is 0.796. The molecule has 1 heterocycles. The zero-order valence-corrected chi connectivity index (χ0v) is 11.0. The first kappa shape index (κ1) is 12.3. The molecule has 3 heteroatoms. The van der Waals surface area contributed by atoms with E-state index < -0.39 is 0 Å². The van der Waals surface area contributed by atoms with Gasteiger partial charge in [0.25, 0.3) is 0 Å². The molecule has 0 aromatic heterocycles. The zero-order valence-electron chi connectivity index (χ0n) is 11.0. The first-order chi connectivity index (χ1) is 7.55. The molecule has 2 rings (SSSR count). The minimum atomic E-state index is 0.262. The Balaban J connectivity index is 1.84. The summed E-state index contributed by atoms with van der Waals surface area (Å²) in [6.07, 6.45) is 3.08. The molecule has 0 amide bonds. The van der Waals surface area contributed by atoms with Gasteiger partial charge < -0.3 is 14.8 Å². The fourth-order valence-corrected chi connectivity index (χ4v) is 2.86. The lowest BCUT2D eigenvalue weighted by atomic mass is 9.64. The van der Waals surface area contributed by atoms with Crippen LogP contribution in [0.1, 0.15) is 40.5 Å². The van der Waals surface area contributed by atoms with Crippen molar-refractivity contribution in [1.82, 2.24) is 5.32 Å². The van der Waals surface area contributed by atoms with Crippen molar-refractivity contribution in [2.45, 2.75) is 64.8 Å². The monoisotopic (exact) mass is 227 g/mol. The van der Waals surface area contributed by atoms with E-state index in [1.165, 1.54) is 0 Å². The van der Waals surface area contributed by atoms with Crippen molar-refractivity contribution in [2.24, 2.45) is 5.41 Å². The average molecular weight is 227 g/mol.